The Morgan fingerprint density at radius 1 is 1.50 bits per heavy atom. The minimum Gasteiger partial charge on any atom is -0.359 e. The molecule has 1 heterocycles. The molecule has 1 rings (SSSR count). The highest BCUT2D eigenvalue weighted by molar-refractivity contribution is 5.95. The van der Waals surface area contributed by atoms with E-state index in [1.54, 1.807) is 25.3 Å². The third kappa shape index (κ3) is 4.06. The molecule has 0 saturated heterocycles. The van der Waals surface area contributed by atoms with E-state index in [-0.39, 0.29) is 18.9 Å². The van der Waals surface area contributed by atoms with E-state index in [1.807, 2.05) is 0 Å². The van der Waals surface area contributed by atoms with E-state index < -0.39 is 12.7 Å². The number of carbonyl (C=O) groups is 1. The fraction of sp³-hybridized carbons (Fsp3) is 0.500. The van der Waals surface area contributed by atoms with Crippen LogP contribution < -0.4 is 0 Å². The van der Waals surface area contributed by atoms with Crippen LogP contribution in [-0.4, -0.2) is 41.5 Å². The van der Waals surface area contributed by atoms with Crippen LogP contribution in [0.5, 0.6) is 0 Å². The number of Topliss-reactive ketones (excluding diaryl/α,β-unsaturated/α-hetero) is 1. The lowest BCUT2D eigenvalue weighted by Gasteiger charge is -2.20. The van der Waals surface area contributed by atoms with Crippen molar-refractivity contribution in [2.45, 2.75) is 13.1 Å². The van der Waals surface area contributed by atoms with Crippen LogP contribution in [0, 0.1) is 0 Å². The predicted octanol–water partition coefficient (Wildman–Crippen LogP) is 2.08. The van der Waals surface area contributed by atoms with Gasteiger partial charge in [-0.2, -0.15) is 13.2 Å². The molecule has 90 valence electrons. The maximum Gasteiger partial charge on any atom is 0.401 e. The summed E-state index contributed by atoms with van der Waals surface area (Å²) in [6.45, 7) is 0.492. The molecule has 0 saturated carbocycles. The summed E-state index contributed by atoms with van der Waals surface area (Å²) in [5.74, 6) is -0.337. The van der Waals surface area contributed by atoms with Gasteiger partial charge in [0.15, 0.2) is 5.78 Å². The minimum atomic E-state index is -4.27. The van der Waals surface area contributed by atoms with E-state index in [4.69, 9.17) is 0 Å². The van der Waals surface area contributed by atoms with E-state index in [1.165, 1.54) is 0 Å². The number of aromatic nitrogens is 1. The van der Waals surface area contributed by atoms with Crippen molar-refractivity contribution < 1.29 is 18.0 Å². The van der Waals surface area contributed by atoms with Crippen molar-refractivity contribution in [3.8, 4) is 0 Å². The lowest BCUT2D eigenvalue weighted by atomic mass is 10.2. The summed E-state index contributed by atoms with van der Waals surface area (Å²) in [5.41, 5.74) is 0.334. The molecule has 0 bridgehead atoms. The molecule has 16 heavy (non-hydrogen) atoms. The number of likely N-dealkylation sites (N-methyl/N-ethyl adjacent to an activating group) is 1. The molecule has 0 amide bonds. The number of nitrogens with zero attached hydrogens (tertiary/aromatic N) is 1. The Bertz CT molecular complexity index is 332. The first-order valence-electron chi connectivity index (χ1n) is 4.88. The fourth-order valence-electron chi connectivity index (χ4n) is 1.33. The largest absolute Gasteiger partial charge is 0.401 e. The topological polar surface area (TPSA) is 36.1 Å². The zero-order chi connectivity index (χ0) is 12.2. The first-order chi connectivity index (χ1) is 7.42. The maximum absolute atomic E-state index is 12.1. The van der Waals surface area contributed by atoms with E-state index in [9.17, 15) is 18.0 Å². The third-order valence-corrected chi connectivity index (χ3v) is 2.12. The molecule has 0 aliphatic rings. The van der Waals surface area contributed by atoms with Crippen molar-refractivity contribution in [3.63, 3.8) is 0 Å². The molecule has 0 aliphatic heterocycles. The van der Waals surface area contributed by atoms with E-state index in [0.717, 1.165) is 4.90 Å². The molecular formula is C10H13F3N2O. The van der Waals surface area contributed by atoms with Gasteiger partial charge in [0.25, 0.3) is 0 Å². The van der Waals surface area contributed by atoms with Crippen molar-refractivity contribution in [3.05, 3.63) is 24.0 Å². The summed E-state index contributed by atoms with van der Waals surface area (Å²) >= 11 is 0. The molecule has 0 unspecified atom stereocenters. The number of ketones is 1. The van der Waals surface area contributed by atoms with Gasteiger partial charge < -0.3 is 4.98 Å². The quantitative estimate of drug-likeness (QED) is 0.792. The molecule has 6 heteroatoms. The Labute approximate surface area is 91.2 Å². The van der Waals surface area contributed by atoms with Crippen LogP contribution in [0.2, 0.25) is 0 Å². The molecule has 3 nitrogen and oxygen atoms in total. The van der Waals surface area contributed by atoms with Crippen LogP contribution in [0.15, 0.2) is 18.3 Å². The van der Waals surface area contributed by atoms with Gasteiger partial charge >= 0.3 is 6.18 Å². The molecule has 1 N–H and O–H groups in total. The van der Waals surface area contributed by atoms with Gasteiger partial charge in [-0.3, -0.25) is 9.69 Å². The lowest BCUT2D eigenvalue weighted by Crippen LogP contribution is -2.37. The van der Waals surface area contributed by atoms with Crippen molar-refractivity contribution in [2.24, 2.45) is 0 Å². The van der Waals surface area contributed by atoms with Gasteiger partial charge in [-0.15, -0.1) is 0 Å². The summed E-state index contributed by atoms with van der Waals surface area (Å²) in [7, 11) is 0. The Morgan fingerprint density at radius 2 is 2.19 bits per heavy atom. The number of carbonyl (C=O) groups excluding carboxylic acids is 1. The summed E-state index contributed by atoms with van der Waals surface area (Å²) in [5, 5.41) is 0. The number of halogens is 3. The fourth-order valence-corrected chi connectivity index (χ4v) is 1.33. The molecule has 0 radical (unpaired) electrons. The number of aromatic amines is 1. The van der Waals surface area contributed by atoms with Crippen LogP contribution in [0.25, 0.3) is 0 Å². The van der Waals surface area contributed by atoms with Crippen LogP contribution in [0.3, 0.4) is 0 Å². The number of nitrogens with one attached hydrogen (secondary N) is 1. The molecule has 0 spiro atoms. The summed E-state index contributed by atoms with van der Waals surface area (Å²) in [6.07, 6.45) is -2.71. The summed E-state index contributed by atoms with van der Waals surface area (Å²) in [4.78, 5) is 15.3. The second-order valence-electron chi connectivity index (χ2n) is 3.43. The highest BCUT2D eigenvalue weighted by Gasteiger charge is 2.30. The van der Waals surface area contributed by atoms with Crippen molar-refractivity contribution in [1.82, 2.24) is 9.88 Å². The van der Waals surface area contributed by atoms with Crippen molar-refractivity contribution in [2.75, 3.05) is 19.6 Å². The number of rotatable bonds is 5. The molecule has 0 fully saturated rings. The Hall–Kier alpha value is -1.30. The lowest BCUT2D eigenvalue weighted by molar-refractivity contribution is -0.144. The third-order valence-electron chi connectivity index (χ3n) is 2.12. The Morgan fingerprint density at radius 3 is 2.62 bits per heavy atom. The Balaban J connectivity index is 2.54. The number of hydrogen-bond donors (Lipinski definition) is 1. The standard InChI is InChI=1S/C10H13F3N2O/c1-2-15(7-10(11,12)13)6-9(16)8-4-3-5-14-8/h3-5,14H,2,6-7H2,1H3. The van der Waals surface area contributed by atoms with Crippen LogP contribution >= 0.6 is 0 Å². The number of alkyl halides is 3. The molecule has 0 aromatic carbocycles. The molecule has 1 aromatic heterocycles. The van der Waals surface area contributed by atoms with Crippen molar-refractivity contribution >= 4 is 5.78 Å². The average molecular weight is 234 g/mol. The highest BCUT2D eigenvalue weighted by Crippen LogP contribution is 2.16. The summed E-state index contributed by atoms with van der Waals surface area (Å²) < 4.78 is 36.4. The van der Waals surface area contributed by atoms with E-state index in [0.29, 0.717) is 5.69 Å². The zero-order valence-electron chi connectivity index (χ0n) is 8.84. The zero-order valence-corrected chi connectivity index (χ0v) is 8.84. The second kappa shape index (κ2) is 5.16. The van der Waals surface area contributed by atoms with Gasteiger partial charge in [0.2, 0.25) is 0 Å². The smallest absolute Gasteiger partial charge is 0.359 e. The van der Waals surface area contributed by atoms with Crippen LogP contribution in [0.1, 0.15) is 17.4 Å². The highest BCUT2D eigenvalue weighted by atomic mass is 19.4. The van der Waals surface area contributed by atoms with Crippen molar-refractivity contribution in [1.29, 1.82) is 0 Å². The van der Waals surface area contributed by atoms with Gasteiger partial charge in [0.1, 0.15) is 0 Å². The minimum absolute atomic E-state index is 0.186. The number of hydrogen-bond acceptors (Lipinski definition) is 2. The van der Waals surface area contributed by atoms with E-state index >= 15 is 0 Å². The number of H-pyrrole nitrogens is 1. The molecular weight excluding hydrogens is 221 g/mol. The van der Waals surface area contributed by atoms with Crippen LogP contribution in [0.4, 0.5) is 13.2 Å². The Kier molecular flexibility index (Phi) is 4.12. The second-order valence-corrected chi connectivity index (χ2v) is 3.43. The van der Waals surface area contributed by atoms with Gasteiger partial charge in [-0.25, -0.2) is 0 Å². The van der Waals surface area contributed by atoms with Gasteiger partial charge in [0, 0.05) is 6.20 Å². The molecule has 0 aliphatic carbocycles. The first-order valence-corrected chi connectivity index (χ1v) is 4.88. The SMILES string of the molecule is CCN(CC(=O)c1ccc[nH]1)CC(F)(F)F. The predicted molar refractivity (Wildman–Crippen MR) is 53.3 cm³/mol. The first kappa shape index (κ1) is 12.8. The molecule has 0 atom stereocenters. The molecule has 1 aromatic rings. The van der Waals surface area contributed by atoms with E-state index in [2.05, 4.69) is 4.98 Å². The average Bonchev–Trinajstić information content (AvgIpc) is 2.67. The normalized spacial score (nSPS) is 12.1. The summed E-state index contributed by atoms with van der Waals surface area (Å²) in [6, 6.07) is 3.18. The monoisotopic (exact) mass is 234 g/mol. The van der Waals surface area contributed by atoms with Crippen LogP contribution in [-0.2, 0) is 0 Å². The van der Waals surface area contributed by atoms with Gasteiger partial charge in [-0.1, -0.05) is 6.92 Å². The maximum atomic E-state index is 12.1. The van der Waals surface area contributed by atoms with Gasteiger partial charge in [-0.05, 0) is 18.7 Å². The van der Waals surface area contributed by atoms with Gasteiger partial charge in [0.05, 0.1) is 18.8 Å².